The van der Waals surface area contributed by atoms with Gasteiger partial charge in [0.25, 0.3) is 0 Å². The Hall–Kier alpha value is -2.87. The van der Waals surface area contributed by atoms with E-state index in [1.807, 2.05) is 36.4 Å². The minimum atomic E-state index is -0.242. The number of unbranched alkanes of at least 4 members (excludes halogenated alkanes) is 1. The van der Waals surface area contributed by atoms with E-state index in [4.69, 9.17) is 4.42 Å². The molecule has 1 heterocycles. The molecule has 3 rings (SSSR count). The van der Waals surface area contributed by atoms with Crippen molar-refractivity contribution in [2.24, 2.45) is 0 Å². The summed E-state index contributed by atoms with van der Waals surface area (Å²) in [5.41, 5.74) is 4.85. The average molecular weight is 358 g/mol. The quantitative estimate of drug-likeness (QED) is 0.285. The standard InChI is InChI=1S/C25H26O2/c1-19(2)10-6-3-4-9-13-23-18-22-15-14-21(17-24(22)27-25(23)26)16-20-11-7-5-8-12-20/h4-5,7-12,14-15,17-18H,3,6,13,16H2,1-2H3/b9-4+. The SMILES string of the molecule is CC(C)=CCC/C=C/Cc1cc2ccc(Cc3ccccc3)cc2oc1=O. The van der Waals surface area contributed by atoms with Crippen molar-refractivity contribution in [2.75, 3.05) is 0 Å². The van der Waals surface area contributed by atoms with Crippen molar-refractivity contribution in [1.82, 2.24) is 0 Å². The highest BCUT2D eigenvalue weighted by atomic mass is 16.4. The maximum atomic E-state index is 12.3. The summed E-state index contributed by atoms with van der Waals surface area (Å²) in [7, 11) is 0. The highest BCUT2D eigenvalue weighted by Crippen LogP contribution is 2.18. The molecule has 0 radical (unpaired) electrons. The van der Waals surface area contributed by atoms with E-state index in [2.05, 4.69) is 50.3 Å². The number of rotatable bonds is 7. The summed E-state index contributed by atoms with van der Waals surface area (Å²) in [6.07, 6.45) is 9.88. The van der Waals surface area contributed by atoms with Crippen LogP contribution in [0.25, 0.3) is 11.0 Å². The molecule has 0 amide bonds. The van der Waals surface area contributed by atoms with Crippen LogP contribution in [0.4, 0.5) is 0 Å². The fraction of sp³-hybridized carbons (Fsp3) is 0.240. The van der Waals surface area contributed by atoms with Gasteiger partial charge in [0.15, 0.2) is 0 Å². The van der Waals surface area contributed by atoms with E-state index >= 15 is 0 Å². The molecule has 0 aliphatic carbocycles. The van der Waals surface area contributed by atoms with Crippen LogP contribution in [-0.2, 0) is 12.8 Å². The number of hydrogen-bond donors (Lipinski definition) is 0. The van der Waals surface area contributed by atoms with Gasteiger partial charge in [-0.1, -0.05) is 66.3 Å². The Kier molecular flexibility index (Phi) is 6.43. The highest BCUT2D eigenvalue weighted by Gasteiger charge is 2.05. The molecule has 138 valence electrons. The smallest absolute Gasteiger partial charge is 0.339 e. The van der Waals surface area contributed by atoms with Gasteiger partial charge in [-0.3, -0.25) is 0 Å². The molecule has 0 saturated heterocycles. The summed E-state index contributed by atoms with van der Waals surface area (Å²) in [4.78, 5) is 12.3. The Balaban J connectivity index is 1.71. The second-order valence-electron chi connectivity index (χ2n) is 7.13. The number of benzene rings is 2. The second kappa shape index (κ2) is 9.18. The Morgan fingerprint density at radius 2 is 1.74 bits per heavy atom. The zero-order chi connectivity index (χ0) is 19.1. The topological polar surface area (TPSA) is 30.2 Å². The summed E-state index contributed by atoms with van der Waals surface area (Å²) in [6.45, 7) is 4.21. The third-order valence-electron chi connectivity index (χ3n) is 4.51. The molecule has 0 fully saturated rings. The van der Waals surface area contributed by atoms with Crippen LogP contribution < -0.4 is 5.63 Å². The molecule has 0 saturated carbocycles. The lowest BCUT2D eigenvalue weighted by molar-refractivity contribution is 0.552. The van der Waals surface area contributed by atoms with Gasteiger partial charge >= 0.3 is 5.63 Å². The Morgan fingerprint density at radius 3 is 2.52 bits per heavy atom. The summed E-state index contributed by atoms with van der Waals surface area (Å²) < 4.78 is 5.58. The van der Waals surface area contributed by atoms with Gasteiger partial charge in [0, 0.05) is 10.9 Å². The molecule has 0 atom stereocenters. The molecule has 2 nitrogen and oxygen atoms in total. The summed E-state index contributed by atoms with van der Waals surface area (Å²) >= 11 is 0. The molecular formula is C25H26O2. The van der Waals surface area contributed by atoms with Crippen molar-refractivity contribution >= 4 is 11.0 Å². The largest absolute Gasteiger partial charge is 0.423 e. The van der Waals surface area contributed by atoms with E-state index in [-0.39, 0.29) is 5.63 Å². The molecular weight excluding hydrogens is 332 g/mol. The first-order chi connectivity index (χ1) is 13.1. The van der Waals surface area contributed by atoms with Crippen LogP contribution >= 0.6 is 0 Å². The lowest BCUT2D eigenvalue weighted by atomic mass is 10.0. The average Bonchev–Trinajstić information content (AvgIpc) is 2.65. The van der Waals surface area contributed by atoms with Crippen LogP contribution in [0.3, 0.4) is 0 Å². The summed E-state index contributed by atoms with van der Waals surface area (Å²) in [5, 5.41) is 0.972. The first kappa shape index (κ1) is 18.9. The van der Waals surface area contributed by atoms with Crippen molar-refractivity contribution in [3.8, 4) is 0 Å². The Bertz CT molecular complexity index is 1000. The van der Waals surface area contributed by atoms with Crippen LogP contribution in [-0.4, -0.2) is 0 Å². The predicted octanol–water partition coefficient (Wildman–Crippen LogP) is 6.23. The van der Waals surface area contributed by atoms with Gasteiger partial charge < -0.3 is 4.42 Å². The van der Waals surface area contributed by atoms with E-state index in [0.717, 1.165) is 30.2 Å². The molecule has 2 aromatic carbocycles. The van der Waals surface area contributed by atoms with Gasteiger partial charge in [0.2, 0.25) is 0 Å². The Morgan fingerprint density at radius 1 is 0.926 bits per heavy atom. The van der Waals surface area contributed by atoms with Crippen molar-refractivity contribution < 1.29 is 4.42 Å². The van der Waals surface area contributed by atoms with E-state index < -0.39 is 0 Å². The molecule has 27 heavy (non-hydrogen) atoms. The van der Waals surface area contributed by atoms with Crippen LogP contribution in [0, 0.1) is 0 Å². The Labute approximate surface area is 160 Å². The molecule has 0 aliphatic rings. The van der Waals surface area contributed by atoms with E-state index in [9.17, 15) is 4.79 Å². The van der Waals surface area contributed by atoms with E-state index in [1.165, 1.54) is 11.1 Å². The van der Waals surface area contributed by atoms with E-state index in [1.54, 1.807) is 0 Å². The molecule has 0 unspecified atom stereocenters. The van der Waals surface area contributed by atoms with Crippen LogP contribution in [0.15, 0.2) is 87.6 Å². The first-order valence-corrected chi connectivity index (χ1v) is 9.50. The van der Waals surface area contributed by atoms with Crippen molar-refractivity contribution in [3.05, 3.63) is 106 Å². The lowest BCUT2D eigenvalue weighted by Gasteiger charge is -2.05. The number of allylic oxidation sites excluding steroid dienone is 4. The molecule has 0 aliphatic heterocycles. The molecule has 0 bridgehead atoms. The number of fused-ring (bicyclic) bond motifs is 1. The fourth-order valence-electron chi connectivity index (χ4n) is 3.08. The zero-order valence-electron chi connectivity index (χ0n) is 16.1. The van der Waals surface area contributed by atoms with E-state index in [0.29, 0.717) is 17.6 Å². The third kappa shape index (κ3) is 5.55. The lowest BCUT2D eigenvalue weighted by Crippen LogP contribution is -2.06. The van der Waals surface area contributed by atoms with Crippen molar-refractivity contribution in [2.45, 2.75) is 39.5 Å². The highest BCUT2D eigenvalue weighted by molar-refractivity contribution is 5.77. The maximum absolute atomic E-state index is 12.3. The van der Waals surface area contributed by atoms with Crippen LogP contribution in [0.2, 0.25) is 0 Å². The van der Waals surface area contributed by atoms with Gasteiger partial charge in [-0.25, -0.2) is 4.79 Å². The summed E-state index contributed by atoms with van der Waals surface area (Å²) in [5.74, 6) is 0. The predicted molar refractivity (Wildman–Crippen MR) is 113 cm³/mol. The zero-order valence-corrected chi connectivity index (χ0v) is 16.1. The molecule has 2 heteroatoms. The summed E-state index contributed by atoms with van der Waals surface area (Å²) in [6, 6.07) is 18.4. The maximum Gasteiger partial charge on any atom is 0.339 e. The molecule has 1 aromatic heterocycles. The monoisotopic (exact) mass is 358 g/mol. The van der Waals surface area contributed by atoms with Gasteiger partial charge in [-0.05, 0) is 62.8 Å². The van der Waals surface area contributed by atoms with Gasteiger partial charge in [-0.15, -0.1) is 0 Å². The van der Waals surface area contributed by atoms with Crippen molar-refractivity contribution in [3.63, 3.8) is 0 Å². The van der Waals surface area contributed by atoms with Crippen LogP contribution in [0.1, 0.15) is 43.4 Å². The van der Waals surface area contributed by atoms with Crippen molar-refractivity contribution in [1.29, 1.82) is 0 Å². The molecule has 0 N–H and O–H groups in total. The fourth-order valence-corrected chi connectivity index (χ4v) is 3.08. The molecule has 0 spiro atoms. The normalized spacial score (nSPS) is 11.2. The van der Waals surface area contributed by atoms with Gasteiger partial charge in [0.1, 0.15) is 5.58 Å². The second-order valence-corrected chi connectivity index (χ2v) is 7.13. The first-order valence-electron chi connectivity index (χ1n) is 9.50. The number of hydrogen-bond acceptors (Lipinski definition) is 2. The van der Waals surface area contributed by atoms with Crippen LogP contribution in [0.5, 0.6) is 0 Å². The minimum absolute atomic E-state index is 0.242. The van der Waals surface area contributed by atoms with Gasteiger partial charge in [0.05, 0.1) is 0 Å². The third-order valence-corrected chi connectivity index (χ3v) is 4.51. The molecule has 3 aromatic rings. The minimum Gasteiger partial charge on any atom is -0.423 e. The van der Waals surface area contributed by atoms with Gasteiger partial charge in [-0.2, -0.15) is 0 Å².